The van der Waals surface area contributed by atoms with Crippen molar-refractivity contribution in [2.75, 3.05) is 6.54 Å². The summed E-state index contributed by atoms with van der Waals surface area (Å²) in [5.74, 6) is -0.165. The second-order valence-corrected chi connectivity index (χ2v) is 5.73. The lowest BCUT2D eigenvalue weighted by Gasteiger charge is -2.24. The Labute approximate surface area is 122 Å². The van der Waals surface area contributed by atoms with Crippen LogP contribution in [0, 0.1) is 0 Å². The van der Waals surface area contributed by atoms with Crippen LogP contribution in [-0.2, 0) is 18.3 Å². The third-order valence-electron chi connectivity index (χ3n) is 3.35. The zero-order valence-electron chi connectivity index (χ0n) is 12.5. The van der Waals surface area contributed by atoms with Crippen LogP contribution >= 0.6 is 0 Å². The molecule has 1 heterocycles. The second kappa shape index (κ2) is 5.65. The van der Waals surface area contributed by atoms with Gasteiger partial charge in [-0.25, -0.2) is 4.68 Å². The second-order valence-electron chi connectivity index (χ2n) is 5.73. The van der Waals surface area contributed by atoms with Crippen molar-refractivity contribution in [2.45, 2.75) is 25.8 Å². The number of aryl methyl sites for hydroxylation is 1. The van der Waals surface area contributed by atoms with Gasteiger partial charge < -0.3 is 11.1 Å². The minimum atomic E-state index is -0.465. The van der Waals surface area contributed by atoms with Gasteiger partial charge in [0.05, 0.1) is 17.5 Å². The summed E-state index contributed by atoms with van der Waals surface area (Å²) in [6, 6.07) is 7.17. The number of carbonyl (C=O) groups excluding carboxylic acids is 1. The lowest BCUT2D eigenvalue weighted by molar-refractivity contribution is -0.121. The van der Waals surface area contributed by atoms with Gasteiger partial charge in [-0.3, -0.25) is 9.59 Å². The molecular weight excluding hydrogens is 268 g/mol. The molecular formula is C15H20N4O2. The van der Waals surface area contributed by atoms with Crippen molar-refractivity contribution in [3.8, 4) is 0 Å². The van der Waals surface area contributed by atoms with Gasteiger partial charge in [0.15, 0.2) is 0 Å². The molecule has 0 aliphatic heterocycles. The first kappa shape index (κ1) is 15.2. The molecule has 0 bridgehead atoms. The minimum Gasteiger partial charge on any atom is -0.350 e. The van der Waals surface area contributed by atoms with Gasteiger partial charge >= 0.3 is 0 Å². The Morgan fingerprint density at radius 2 is 1.95 bits per heavy atom. The number of nitrogens with zero attached hydrogens (tertiary/aromatic N) is 2. The molecule has 1 amide bonds. The van der Waals surface area contributed by atoms with E-state index in [0.717, 1.165) is 0 Å². The zero-order chi connectivity index (χ0) is 15.6. The van der Waals surface area contributed by atoms with Crippen molar-refractivity contribution < 1.29 is 4.79 Å². The van der Waals surface area contributed by atoms with E-state index in [9.17, 15) is 9.59 Å². The van der Waals surface area contributed by atoms with Crippen molar-refractivity contribution in [3.63, 3.8) is 0 Å². The van der Waals surface area contributed by atoms with Crippen molar-refractivity contribution in [1.29, 1.82) is 0 Å². The van der Waals surface area contributed by atoms with Crippen LogP contribution in [0.1, 0.15) is 19.5 Å². The fourth-order valence-electron chi connectivity index (χ4n) is 2.13. The van der Waals surface area contributed by atoms with Crippen molar-refractivity contribution in [2.24, 2.45) is 12.8 Å². The van der Waals surface area contributed by atoms with Gasteiger partial charge in [-0.1, -0.05) is 18.2 Å². The topological polar surface area (TPSA) is 90.0 Å². The summed E-state index contributed by atoms with van der Waals surface area (Å²) in [6.45, 7) is 4.06. The fourth-order valence-corrected chi connectivity index (χ4v) is 2.13. The lowest BCUT2D eigenvalue weighted by atomic mass is 10.0. The van der Waals surface area contributed by atoms with E-state index in [-0.39, 0.29) is 17.9 Å². The van der Waals surface area contributed by atoms with E-state index in [4.69, 9.17) is 5.73 Å². The average Bonchev–Trinajstić information content (AvgIpc) is 2.44. The molecule has 2 aromatic rings. The highest BCUT2D eigenvalue weighted by atomic mass is 16.2. The molecule has 0 atom stereocenters. The Morgan fingerprint density at radius 3 is 2.57 bits per heavy atom. The summed E-state index contributed by atoms with van der Waals surface area (Å²) in [6.07, 6.45) is 0.109. The van der Waals surface area contributed by atoms with Crippen LogP contribution in [0.5, 0.6) is 0 Å². The molecule has 6 nitrogen and oxygen atoms in total. The Kier molecular flexibility index (Phi) is 4.09. The number of rotatable bonds is 4. The van der Waals surface area contributed by atoms with Crippen molar-refractivity contribution in [1.82, 2.24) is 15.1 Å². The number of benzene rings is 1. The van der Waals surface area contributed by atoms with Crippen LogP contribution in [-0.4, -0.2) is 27.8 Å². The first-order valence-electron chi connectivity index (χ1n) is 6.80. The van der Waals surface area contributed by atoms with Gasteiger partial charge in [-0.15, -0.1) is 0 Å². The summed E-state index contributed by atoms with van der Waals surface area (Å²) in [7, 11) is 1.58. The predicted octanol–water partition coefficient (Wildman–Crippen LogP) is 0.330. The summed E-state index contributed by atoms with van der Waals surface area (Å²) < 4.78 is 1.26. The van der Waals surface area contributed by atoms with Crippen LogP contribution in [0.2, 0.25) is 0 Å². The molecule has 0 unspecified atom stereocenters. The zero-order valence-corrected chi connectivity index (χ0v) is 12.5. The average molecular weight is 288 g/mol. The minimum absolute atomic E-state index is 0.109. The molecule has 0 aliphatic carbocycles. The summed E-state index contributed by atoms with van der Waals surface area (Å²) in [5, 5.41) is 8.35. The largest absolute Gasteiger partial charge is 0.350 e. The number of fused-ring (bicyclic) bond motifs is 1. The first-order chi connectivity index (χ1) is 9.84. The molecule has 0 spiro atoms. The van der Waals surface area contributed by atoms with Crippen LogP contribution < -0.4 is 16.6 Å². The molecule has 0 fully saturated rings. The molecule has 6 heteroatoms. The number of aromatic nitrogens is 2. The summed E-state index contributed by atoms with van der Waals surface area (Å²) >= 11 is 0. The molecule has 0 radical (unpaired) electrons. The van der Waals surface area contributed by atoms with E-state index in [1.54, 1.807) is 25.2 Å². The maximum absolute atomic E-state index is 12.1. The predicted molar refractivity (Wildman–Crippen MR) is 82.0 cm³/mol. The van der Waals surface area contributed by atoms with Crippen LogP contribution in [0.4, 0.5) is 0 Å². The van der Waals surface area contributed by atoms with Crippen LogP contribution in [0.25, 0.3) is 10.8 Å². The molecule has 0 aliphatic rings. The highest BCUT2D eigenvalue weighted by Crippen LogP contribution is 2.13. The highest BCUT2D eigenvalue weighted by molar-refractivity contribution is 5.88. The Hall–Kier alpha value is -2.21. The van der Waals surface area contributed by atoms with Gasteiger partial charge in [0.2, 0.25) is 5.91 Å². The quantitative estimate of drug-likeness (QED) is 0.848. The number of amides is 1. The van der Waals surface area contributed by atoms with E-state index in [1.807, 2.05) is 19.9 Å². The first-order valence-corrected chi connectivity index (χ1v) is 6.80. The Morgan fingerprint density at radius 1 is 1.33 bits per heavy atom. The fraction of sp³-hybridized carbons (Fsp3) is 0.400. The van der Waals surface area contributed by atoms with Crippen molar-refractivity contribution in [3.05, 3.63) is 40.3 Å². The molecule has 1 aromatic carbocycles. The van der Waals surface area contributed by atoms with Gasteiger partial charge in [-0.2, -0.15) is 5.10 Å². The van der Waals surface area contributed by atoms with E-state index in [2.05, 4.69) is 10.4 Å². The smallest absolute Gasteiger partial charge is 0.274 e. The molecule has 3 N–H and O–H groups in total. The van der Waals surface area contributed by atoms with E-state index >= 15 is 0 Å². The maximum atomic E-state index is 12.1. The number of nitrogens with one attached hydrogen (secondary N) is 1. The SMILES string of the molecule is Cn1nc(CC(=O)NC(C)(C)CN)c2ccccc2c1=O. The number of hydrogen-bond acceptors (Lipinski definition) is 4. The summed E-state index contributed by atoms with van der Waals surface area (Å²) in [5.41, 5.74) is 5.55. The van der Waals surface area contributed by atoms with Gasteiger partial charge in [0.1, 0.15) is 0 Å². The van der Waals surface area contributed by atoms with E-state index < -0.39 is 5.54 Å². The standard InChI is InChI=1S/C15H20N4O2/c1-15(2,9-16)17-13(20)8-12-10-6-4-5-7-11(10)14(21)19(3)18-12/h4-7H,8-9,16H2,1-3H3,(H,17,20). The van der Waals surface area contributed by atoms with Gasteiger partial charge in [0, 0.05) is 24.5 Å². The van der Waals surface area contributed by atoms with E-state index in [1.165, 1.54) is 4.68 Å². The van der Waals surface area contributed by atoms with E-state index in [0.29, 0.717) is 23.0 Å². The Bertz CT molecular complexity index is 734. The monoisotopic (exact) mass is 288 g/mol. The maximum Gasteiger partial charge on any atom is 0.274 e. The van der Waals surface area contributed by atoms with Gasteiger partial charge in [-0.05, 0) is 19.9 Å². The lowest BCUT2D eigenvalue weighted by Crippen LogP contribution is -2.49. The molecule has 112 valence electrons. The molecule has 21 heavy (non-hydrogen) atoms. The van der Waals surface area contributed by atoms with Crippen LogP contribution in [0.15, 0.2) is 29.1 Å². The summed E-state index contributed by atoms with van der Waals surface area (Å²) in [4.78, 5) is 24.2. The molecule has 2 rings (SSSR count). The van der Waals surface area contributed by atoms with Crippen molar-refractivity contribution >= 4 is 16.7 Å². The van der Waals surface area contributed by atoms with Crippen LogP contribution in [0.3, 0.4) is 0 Å². The third-order valence-corrected chi connectivity index (χ3v) is 3.35. The number of carbonyl (C=O) groups is 1. The van der Waals surface area contributed by atoms with Gasteiger partial charge in [0.25, 0.3) is 5.56 Å². The molecule has 0 saturated heterocycles. The molecule has 0 saturated carbocycles. The number of nitrogens with two attached hydrogens (primary N) is 1. The normalized spacial score (nSPS) is 11.6. The number of hydrogen-bond donors (Lipinski definition) is 2. The Balaban J connectivity index is 2.37. The third kappa shape index (κ3) is 3.28. The molecule has 1 aromatic heterocycles. The highest BCUT2D eigenvalue weighted by Gasteiger charge is 2.20.